The average molecular weight is 557 g/mol. The molecule has 5 aromatic rings. The second-order valence-electron chi connectivity index (χ2n) is 9.18. The van der Waals surface area contributed by atoms with Gasteiger partial charge in [-0.05, 0) is 93.1 Å². The van der Waals surface area contributed by atoms with Crippen LogP contribution in [0.4, 0.5) is 11.4 Å². The van der Waals surface area contributed by atoms with Crippen LogP contribution in [0.2, 0.25) is 0 Å². The number of pyridine rings is 1. The summed E-state index contributed by atoms with van der Waals surface area (Å²) >= 11 is 0. The summed E-state index contributed by atoms with van der Waals surface area (Å²) in [7, 11) is -4.02. The molecule has 0 amide bonds. The van der Waals surface area contributed by atoms with Gasteiger partial charge >= 0.3 is 5.97 Å². The molecule has 0 fully saturated rings. The number of H-pyrrole nitrogens is 1. The van der Waals surface area contributed by atoms with Crippen molar-refractivity contribution in [1.29, 1.82) is 0 Å². The molecule has 2 heterocycles. The van der Waals surface area contributed by atoms with Crippen molar-refractivity contribution in [2.45, 2.75) is 25.7 Å². The number of nitrogens with zero attached hydrogens (tertiary/aromatic N) is 2. The molecule has 4 N–H and O–H groups in total. The van der Waals surface area contributed by atoms with Crippen LogP contribution in [0.1, 0.15) is 38.6 Å². The van der Waals surface area contributed by atoms with Crippen molar-refractivity contribution in [3.8, 4) is 0 Å². The molecule has 5 rings (SSSR count). The van der Waals surface area contributed by atoms with Crippen LogP contribution in [0.25, 0.3) is 23.1 Å². The second kappa shape index (κ2) is 11.9. The van der Waals surface area contributed by atoms with Gasteiger partial charge in [-0.3, -0.25) is 14.6 Å². The van der Waals surface area contributed by atoms with E-state index in [1.54, 1.807) is 36.4 Å². The van der Waals surface area contributed by atoms with Crippen LogP contribution in [0.15, 0.2) is 83.8 Å². The van der Waals surface area contributed by atoms with Crippen molar-refractivity contribution in [3.63, 3.8) is 0 Å². The number of aromatic amines is 1. The van der Waals surface area contributed by atoms with E-state index in [2.05, 4.69) is 20.5 Å². The lowest BCUT2D eigenvalue weighted by molar-refractivity contribution is 0.0698. The normalized spacial score (nSPS) is 11.3. The zero-order valence-corrected chi connectivity index (χ0v) is 22.9. The number of anilines is 2. The second-order valence-corrected chi connectivity index (χ2v) is 10.6. The molecule has 0 aliphatic carbocycles. The smallest absolute Gasteiger partial charge is 0.337 e. The first-order valence-corrected chi connectivity index (χ1v) is 13.7. The number of hydrogen-bond donors (Lipinski definition) is 4. The van der Waals surface area contributed by atoms with E-state index in [0.29, 0.717) is 5.69 Å². The standard InChI is InChI=1S/C23H20N4O2.C7H8O3S/c1-14-11-15(2)24-16(12-14)8-10-21-18-9-7-17(13-22(18)27-26-21)25-20-6-4-3-5-19(20)23(28)29;1-6-2-4-7(5-3-6)11(8,9)10/h3-13,25H,1-2H3,(H,26,27)(H,28,29);2-5H,1H3,(H,8,9,10). The van der Waals surface area contributed by atoms with Gasteiger partial charge in [-0.1, -0.05) is 29.8 Å². The zero-order valence-electron chi connectivity index (χ0n) is 22.1. The summed E-state index contributed by atoms with van der Waals surface area (Å²) in [5.74, 6) is -0.969. The van der Waals surface area contributed by atoms with Gasteiger partial charge in [0.2, 0.25) is 0 Å². The number of hydrogen-bond acceptors (Lipinski definition) is 6. The molecule has 2 aromatic heterocycles. The molecule has 0 aliphatic rings. The van der Waals surface area contributed by atoms with E-state index in [0.717, 1.165) is 39.2 Å². The highest BCUT2D eigenvalue weighted by Gasteiger charge is 2.10. The Bertz CT molecular complexity index is 1790. The first-order chi connectivity index (χ1) is 19.0. The lowest BCUT2D eigenvalue weighted by atomic mass is 10.1. The maximum absolute atomic E-state index is 11.4. The number of aromatic carboxylic acids is 1. The van der Waals surface area contributed by atoms with Crippen molar-refractivity contribution >= 4 is 50.5 Å². The molecule has 0 unspecified atom stereocenters. The summed E-state index contributed by atoms with van der Waals surface area (Å²) in [6.07, 6.45) is 3.89. The molecule has 3 aromatic carbocycles. The van der Waals surface area contributed by atoms with Crippen molar-refractivity contribution in [3.05, 3.63) is 113 Å². The number of aryl methyl sites for hydroxylation is 3. The maximum Gasteiger partial charge on any atom is 0.337 e. The van der Waals surface area contributed by atoms with Crippen LogP contribution in [0.5, 0.6) is 0 Å². The fraction of sp³-hybridized carbons (Fsp3) is 0.100. The Morgan fingerprint density at radius 2 is 1.62 bits per heavy atom. The van der Waals surface area contributed by atoms with Crippen molar-refractivity contribution in [2.75, 3.05) is 5.32 Å². The average Bonchev–Trinajstić information content (AvgIpc) is 3.29. The first kappa shape index (κ1) is 28.2. The van der Waals surface area contributed by atoms with E-state index in [9.17, 15) is 18.3 Å². The van der Waals surface area contributed by atoms with Crippen LogP contribution in [-0.2, 0) is 10.1 Å². The Morgan fingerprint density at radius 3 is 2.30 bits per heavy atom. The number of carbonyl (C=O) groups is 1. The molecule has 0 saturated carbocycles. The minimum atomic E-state index is -4.02. The monoisotopic (exact) mass is 556 g/mol. The van der Waals surface area contributed by atoms with Crippen LogP contribution < -0.4 is 5.32 Å². The molecule has 0 spiro atoms. The Morgan fingerprint density at radius 1 is 0.900 bits per heavy atom. The number of para-hydroxylation sites is 1. The largest absolute Gasteiger partial charge is 0.478 e. The van der Waals surface area contributed by atoms with Crippen molar-refractivity contribution in [2.24, 2.45) is 0 Å². The summed E-state index contributed by atoms with van der Waals surface area (Å²) in [5, 5.41) is 20.9. The predicted molar refractivity (Wildman–Crippen MR) is 156 cm³/mol. The van der Waals surface area contributed by atoms with E-state index in [1.807, 2.05) is 63.3 Å². The third kappa shape index (κ3) is 7.19. The fourth-order valence-electron chi connectivity index (χ4n) is 4.01. The third-order valence-corrected chi connectivity index (χ3v) is 6.75. The van der Waals surface area contributed by atoms with Gasteiger partial charge in [-0.2, -0.15) is 13.5 Å². The Balaban J connectivity index is 0.000000283. The van der Waals surface area contributed by atoms with Crippen molar-refractivity contribution < 1.29 is 22.9 Å². The van der Waals surface area contributed by atoms with Gasteiger partial charge in [0, 0.05) is 16.8 Å². The third-order valence-electron chi connectivity index (χ3n) is 5.88. The SMILES string of the molecule is Cc1cc(C)nc(C=Cc2n[nH]c3cc(Nc4ccccc4C(=O)O)ccc23)c1.Cc1ccc(S(=O)(=O)O)cc1. The van der Waals surface area contributed by atoms with E-state index in [-0.39, 0.29) is 10.5 Å². The van der Waals surface area contributed by atoms with Gasteiger partial charge in [-0.15, -0.1) is 0 Å². The minimum Gasteiger partial charge on any atom is -0.478 e. The number of fused-ring (bicyclic) bond motifs is 1. The quantitative estimate of drug-likeness (QED) is 0.175. The van der Waals surface area contributed by atoms with Crippen LogP contribution in [-0.4, -0.2) is 39.2 Å². The number of nitrogens with one attached hydrogen (secondary N) is 2. The lowest BCUT2D eigenvalue weighted by Gasteiger charge is -2.09. The molecular weight excluding hydrogens is 528 g/mol. The van der Waals surface area contributed by atoms with Gasteiger partial charge in [0.05, 0.1) is 33.1 Å². The first-order valence-electron chi connectivity index (χ1n) is 12.2. The number of benzene rings is 3. The van der Waals surface area contributed by atoms with Gasteiger partial charge < -0.3 is 10.4 Å². The molecule has 10 heteroatoms. The molecule has 0 bridgehead atoms. The van der Waals surface area contributed by atoms with Gasteiger partial charge in [0.1, 0.15) is 0 Å². The molecule has 0 radical (unpaired) electrons. The van der Waals surface area contributed by atoms with Crippen LogP contribution >= 0.6 is 0 Å². The van der Waals surface area contributed by atoms with Crippen LogP contribution in [0.3, 0.4) is 0 Å². The molecule has 0 saturated heterocycles. The summed E-state index contributed by atoms with van der Waals surface area (Å²) < 4.78 is 29.6. The highest BCUT2D eigenvalue weighted by Crippen LogP contribution is 2.26. The Kier molecular flexibility index (Phi) is 8.42. The lowest BCUT2D eigenvalue weighted by Crippen LogP contribution is -2.02. The van der Waals surface area contributed by atoms with E-state index in [4.69, 9.17) is 4.55 Å². The summed E-state index contributed by atoms with van der Waals surface area (Å²) in [5.41, 5.74) is 7.21. The summed E-state index contributed by atoms with van der Waals surface area (Å²) in [4.78, 5) is 15.8. The molecule has 0 aliphatic heterocycles. The van der Waals surface area contributed by atoms with Gasteiger partial charge in [0.25, 0.3) is 10.1 Å². The number of rotatable bonds is 6. The highest BCUT2D eigenvalue weighted by atomic mass is 32.2. The van der Waals surface area contributed by atoms with E-state index >= 15 is 0 Å². The van der Waals surface area contributed by atoms with Crippen molar-refractivity contribution in [1.82, 2.24) is 15.2 Å². The van der Waals surface area contributed by atoms with Gasteiger partial charge in [-0.25, -0.2) is 4.79 Å². The predicted octanol–water partition coefficient (Wildman–Crippen LogP) is 6.43. The number of carboxylic acid groups (broad SMARTS) is 1. The van der Waals surface area contributed by atoms with Crippen LogP contribution in [0, 0.1) is 20.8 Å². The molecule has 40 heavy (non-hydrogen) atoms. The summed E-state index contributed by atoms with van der Waals surface area (Å²) in [6, 6.07) is 22.6. The molecule has 9 nitrogen and oxygen atoms in total. The Labute approximate surface area is 232 Å². The number of aromatic nitrogens is 3. The molecular formula is C30H28N4O5S. The highest BCUT2D eigenvalue weighted by molar-refractivity contribution is 7.85. The molecule has 0 atom stereocenters. The summed E-state index contributed by atoms with van der Waals surface area (Å²) in [6.45, 7) is 5.87. The minimum absolute atomic E-state index is 0.0666. The Hall–Kier alpha value is -4.80. The topological polar surface area (TPSA) is 145 Å². The molecule has 204 valence electrons. The van der Waals surface area contributed by atoms with E-state index in [1.165, 1.54) is 17.7 Å². The van der Waals surface area contributed by atoms with Gasteiger partial charge in [0.15, 0.2) is 0 Å². The maximum atomic E-state index is 11.4. The zero-order chi connectivity index (χ0) is 28.9. The fourth-order valence-corrected chi connectivity index (χ4v) is 4.49. The number of carboxylic acids is 1. The van der Waals surface area contributed by atoms with E-state index < -0.39 is 16.1 Å².